The number of hydrazone groups is 1. The van der Waals surface area contributed by atoms with E-state index in [1.165, 1.54) is 24.5 Å². The van der Waals surface area contributed by atoms with Gasteiger partial charge >= 0.3 is 18.7 Å². The quantitative estimate of drug-likeness (QED) is 0.0695. The number of benzene rings is 2. The van der Waals surface area contributed by atoms with Gasteiger partial charge in [-0.25, -0.2) is 14.8 Å². The molecule has 226 valence electrons. The second-order valence-corrected chi connectivity index (χ2v) is 8.76. The monoisotopic (exact) mass is 632 g/mol. The van der Waals surface area contributed by atoms with Gasteiger partial charge in [-0.3, -0.25) is 0 Å². The van der Waals surface area contributed by atoms with Gasteiger partial charge in [-0.2, -0.15) is 50.8 Å². The summed E-state index contributed by atoms with van der Waals surface area (Å²) in [6, 6.07) is 10.0. The molecule has 2 heterocycles. The fourth-order valence-corrected chi connectivity index (χ4v) is 3.30. The molecule has 18 heteroatoms. The van der Waals surface area contributed by atoms with Gasteiger partial charge in [0.05, 0.1) is 11.8 Å². The Hall–Kier alpha value is -4.80. The van der Waals surface area contributed by atoms with E-state index in [-0.39, 0.29) is 35.2 Å². The molecule has 0 spiro atoms. The molecule has 0 aliphatic heterocycles. The number of anilines is 4. The van der Waals surface area contributed by atoms with Gasteiger partial charge in [0, 0.05) is 18.4 Å². The molecule has 0 saturated carbocycles. The second kappa shape index (κ2) is 13.0. The van der Waals surface area contributed by atoms with Crippen LogP contribution in [0.1, 0.15) is 16.7 Å². The fourth-order valence-electron chi connectivity index (χ4n) is 3.19. The number of halogens is 9. The van der Waals surface area contributed by atoms with Crippen LogP contribution >= 0.6 is 11.6 Å². The van der Waals surface area contributed by atoms with Gasteiger partial charge in [-0.05, 0) is 59.7 Å². The first-order valence-corrected chi connectivity index (χ1v) is 12.1. The van der Waals surface area contributed by atoms with Crippen LogP contribution in [0.4, 0.5) is 58.7 Å². The van der Waals surface area contributed by atoms with Crippen molar-refractivity contribution in [2.24, 2.45) is 5.10 Å². The summed E-state index contributed by atoms with van der Waals surface area (Å²) in [5.74, 6) is -2.47. The van der Waals surface area contributed by atoms with Gasteiger partial charge in [-0.15, -0.1) is 0 Å². The summed E-state index contributed by atoms with van der Waals surface area (Å²) < 4.78 is 108. The number of rotatable bonds is 11. The highest BCUT2D eigenvalue weighted by Gasteiger charge is 2.43. The predicted octanol–water partition coefficient (Wildman–Crippen LogP) is 7.12. The molecular weight excluding hydrogens is 616 g/mol. The number of hydrogen-bond acceptors (Lipinski definition) is 9. The molecule has 0 aliphatic carbocycles. The van der Waals surface area contributed by atoms with Crippen LogP contribution in [-0.4, -0.2) is 38.7 Å². The summed E-state index contributed by atoms with van der Waals surface area (Å²) in [6.45, 7) is 0.157. The van der Waals surface area contributed by atoms with Crippen LogP contribution in [0.3, 0.4) is 0 Å². The maximum Gasteiger partial charge on any atom is 0.461 e. The average molecular weight is 633 g/mol. The molecule has 0 atom stereocenters. The minimum atomic E-state index is -4.95. The second-order valence-electron chi connectivity index (χ2n) is 8.37. The van der Waals surface area contributed by atoms with Gasteiger partial charge in [0.15, 0.2) is 0 Å². The van der Waals surface area contributed by atoms with E-state index in [1.807, 2.05) is 0 Å². The van der Waals surface area contributed by atoms with E-state index in [2.05, 4.69) is 45.8 Å². The molecule has 2 aromatic carbocycles. The lowest BCUT2D eigenvalue weighted by molar-refractivity contribution is -0.253. The maximum absolute atomic E-state index is 13.7. The SMILES string of the molecule is Fc1ccc(Nc2nc(NCc3ccc(Cl)nc3)nc(N/N=C/c3ccc(OC(F)(F)C(F)F)cc3)n2)cc1C(F)(F)F. The van der Waals surface area contributed by atoms with Gasteiger partial charge in [-0.1, -0.05) is 17.7 Å². The molecule has 0 fully saturated rings. The van der Waals surface area contributed by atoms with E-state index in [1.54, 1.807) is 12.1 Å². The minimum Gasteiger partial charge on any atom is -0.428 e. The Balaban J connectivity index is 1.53. The van der Waals surface area contributed by atoms with Crippen molar-refractivity contribution in [3.63, 3.8) is 0 Å². The number of alkyl halides is 7. The minimum absolute atomic E-state index is 0.0511. The van der Waals surface area contributed by atoms with Gasteiger partial charge in [0.1, 0.15) is 16.7 Å². The normalized spacial score (nSPS) is 12.0. The van der Waals surface area contributed by atoms with E-state index < -0.39 is 35.8 Å². The summed E-state index contributed by atoms with van der Waals surface area (Å²) in [5.41, 5.74) is 1.81. The zero-order valence-electron chi connectivity index (χ0n) is 21.2. The van der Waals surface area contributed by atoms with Gasteiger partial charge in [0.2, 0.25) is 17.8 Å². The Bertz CT molecular complexity index is 1570. The van der Waals surface area contributed by atoms with E-state index in [0.29, 0.717) is 23.3 Å². The average Bonchev–Trinajstić information content (AvgIpc) is 2.94. The van der Waals surface area contributed by atoms with Gasteiger partial charge < -0.3 is 15.4 Å². The first kappa shape index (κ1) is 31.1. The molecule has 2 aromatic heterocycles. The number of ether oxygens (including phenoxy) is 1. The Morgan fingerprint density at radius 1 is 0.907 bits per heavy atom. The summed E-state index contributed by atoms with van der Waals surface area (Å²) in [7, 11) is 0. The van der Waals surface area contributed by atoms with Crippen molar-refractivity contribution in [2.45, 2.75) is 25.3 Å². The molecule has 0 aliphatic rings. The lowest BCUT2D eigenvalue weighted by atomic mass is 10.2. The molecule has 0 radical (unpaired) electrons. The summed E-state index contributed by atoms with van der Waals surface area (Å²) in [6.07, 6.45) is -10.9. The summed E-state index contributed by atoms with van der Waals surface area (Å²) >= 11 is 5.78. The zero-order chi connectivity index (χ0) is 31.2. The molecular formula is C25H17ClF8N8O. The standard InChI is InChI=1S/C25H17ClF8N8O/c26-19-8-3-14(10-35-19)11-36-21-39-22(38-15-4-7-18(27)17(9-15)24(30,31)32)41-23(40-21)42-37-12-13-1-5-16(6-2-13)43-25(33,34)20(28)29/h1-10,12,20H,11H2,(H3,36,38,39,40,41,42)/b37-12+. The Kier molecular flexibility index (Phi) is 9.43. The van der Waals surface area contributed by atoms with Crippen LogP contribution in [0.15, 0.2) is 65.9 Å². The van der Waals surface area contributed by atoms with Crippen molar-refractivity contribution in [3.05, 3.63) is 88.5 Å². The lowest BCUT2D eigenvalue weighted by Gasteiger charge is -2.16. The Labute approximate surface area is 242 Å². The molecule has 0 amide bonds. The van der Waals surface area contributed by atoms with E-state index in [4.69, 9.17) is 11.6 Å². The number of nitrogens with one attached hydrogen (secondary N) is 3. The molecule has 43 heavy (non-hydrogen) atoms. The first-order chi connectivity index (χ1) is 20.3. The molecule has 9 nitrogen and oxygen atoms in total. The third-order valence-corrected chi connectivity index (χ3v) is 5.39. The molecule has 0 unspecified atom stereocenters. The summed E-state index contributed by atoms with van der Waals surface area (Å²) in [4.78, 5) is 16.2. The highest BCUT2D eigenvalue weighted by Crippen LogP contribution is 2.33. The molecule has 3 N–H and O–H groups in total. The van der Waals surface area contributed by atoms with Crippen LogP contribution in [-0.2, 0) is 12.7 Å². The largest absolute Gasteiger partial charge is 0.461 e. The van der Waals surface area contributed by atoms with Crippen LogP contribution in [0.25, 0.3) is 0 Å². The number of aromatic nitrogens is 4. The highest BCUT2D eigenvalue weighted by atomic mass is 35.5. The van der Waals surface area contributed by atoms with Crippen LogP contribution in [0.2, 0.25) is 5.15 Å². The van der Waals surface area contributed by atoms with Crippen molar-refractivity contribution >= 4 is 41.3 Å². The van der Waals surface area contributed by atoms with Crippen molar-refractivity contribution in [1.82, 2.24) is 19.9 Å². The molecule has 0 saturated heterocycles. The predicted molar refractivity (Wildman–Crippen MR) is 140 cm³/mol. The van der Waals surface area contributed by atoms with Crippen LogP contribution in [0.5, 0.6) is 5.75 Å². The number of pyridine rings is 1. The maximum atomic E-state index is 13.7. The van der Waals surface area contributed by atoms with Crippen LogP contribution in [0, 0.1) is 5.82 Å². The number of hydrogen-bond donors (Lipinski definition) is 3. The molecule has 0 bridgehead atoms. The first-order valence-electron chi connectivity index (χ1n) is 11.8. The Morgan fingerprint density at radius 3 is 2.26 bits per heavy atom. The lowest BCUT2D eigenvalue weighted by Crippen LogP contribution is -2.33. The van der Waals surface area contributed by atoms with Gasteiger partial charge in [0.25, 0.3) is 0 Å². The zero-order valence-corrected chi connectivity index (χ0v) is 21.9. The van der Waals surface area contributed by atoms with Crippen molar-refractivity contribution in [1.29, 1.82) is 0 Å². The van der Waals surface area contributed by atoms with E-state index >= 15 is 0 Å². The fraction of sp³-hybridized carbons (Fsp3) is 0.160. The van der Waals surface area contributed by atoms with E-state index in [9.17, 15) is 35.1 Å². The smallest absolute Gasteiger partial charge is 0.428 e. The van der Waals surface area contributed by atoms with Crippen molar-refractivity contribution < 1.29 is 39.9 Å². The van der Waals surface area contributed by atoms with E-state index in [0.717, 1.165) is 18.2 Å². The third kappa shape index (κ3) is 8.84. The molecule has 4 rings (SSSR count). The topological polar surface area (TPSA) is 109 Å². The third-order valence-electron chi connectivity index (χ3n) is 5.17. The highest BCUT2D eigenvalue weighted by molar-refractivity contribution is 6.29. The van der Waals surface area contributed by atoms with Crippen LogP contribution < -0.4 is 20.8 Å². The Morgan fingerprint density at radius 2 is 1.60 bits per heavy atom. The van der Waals surface area contributed by atoms with Crippen molar-refractivity contribution in [2.75, 3.05) is 16.1 Å². The van der Waals surface area contributed by atoms with Crippen molar-refractivity contribution in [3.8, 4) is 5.75 Å². The molecule has 4 aromatic rings. The number of nitrogens with zero attached hydrogens (tertiary/aromatic N) is 5. The summed E-state index contributed by atoms with van der Waals surface area (Å²) in [5, 5.41) is 9.61.